The minimum atomic E-state index is -0.163. The molecule has 80 valence electrons. The molecule has 2 N–H and O–H groups in total. The van der Waals surface area contributed by atoms with E-state index in [0.717, 1.165) is 0 Å². The minimum absolute atomic E-state index is 0.0629. The fourth-order valence-corrected chi connectivity index (χ4v) is 1.27. The SMILES string of the molecule is CC(C)C(C)(C)Cn1c(=O)[nH][nH]c1=S. The highest BCUT2D eigenvalue weighted by atomic mass is 32.1. The molecule has 1 rings (SSSR count). The van der Waals surface area contributed by atoms with Crippen LogP contribution in [0.15, 0.2) is 4.79 Å². The summed E-state index contributed by atoms with van der Waals surface area (Å²) < 4.78 is 2.03. The molecule has 0 aliphatic rings. The molecule has 1 heterocycles. The Bertz CT molecular complexity index is 383. The zero-order valence-electron chi connectivity index (χ0n) is 9.05. The van der Waals surface area contributed by atoms with E-state index in [2.05, 4.69) is 37.9 Å². The average Bonchev–Trinajstić information content (AvgIpc) is 2.35. The summed E-state index contributed by atoms with van der Waals surface area (Å²) in [6.45, 7) is 9.19. The third-order valence-electron chi connectivity index (χ3n) is 2.90. The van der Waals surface area contributed by atoms with Crippen molar-refractivity contribution in [2.45, 2.75) is 34.2 Å². The van der Waals surface area contributed by atoms with Gasteiger partial charge in [-0.05, 0) is 23.6 Å². The molecule has 0 saturated heterocycles. The van der Waals surface area contributed by atoms with Gasteiger partial charge in [-0.25, -0.2) is 9.89 Å². The van der Waals surface area contributed by atoms with Gasteiger partial charge >= 0.3 is 5.69 Å². The molecule has 0 aliphatic heterocycles. The average molecular weight is 215 g/mol. The van der Waals surface area contributed by atoms with E-state index < -0.39 is 0 Å². The second-order valence-corrected chi connectivity index (χ2v) is 4.98. The number of H-pyrrole nitrogens is 2. The van der Waals surface area contributed by atoms with Crippen LogP contribution in [0.3, 0.4) is 0 Å². The smallest absolute Gasteiger partial charge is 0.272 e. The van der Waals surface area contributed by atoms with E-state index in [4.69, 9.17) is 12.2 Å². The molecule has 0 aliphatic carbocycles. The first-order valence-corrected chi connectivity index (χ1v) is 5.13. The van der Waals surface area contributed by atoms with Crippen LogP contribution >= 0.6 is 12.2 Å². The van der Waals surface area contributed by atoms with Crippen LogP contribution in [0.5, 0.6) is 0 Å². The topological polar surface area (TPSA) is 53.6 Å². The number of nitrogens with zero attached hydrogens (tertiary/aromatic N) is 1. The molecule has 0 saturated carbocycles. The Hall–Kier alpha value is -0.840. The second kappa shape index (κ2) is 3.73. The van der Waals surface area contributed by atoms with E-state index in [0.29, 0.717) is 17.2 Å². The summed E-state index contributed by atoms with van der Waals surface area (Å²) in [4.78, 5) is 11.3. The number of hydrogen-bond acceptors (Lipinski definition) is 2. The fourth-order valence-electron chi connectivity index (χ4n) is 1.07. The van der Waals surface area contributed by atoms with Crippen molar-refractivity contribution < 1.29 is 0 Å². The number of nitrogens with one attached hydrogen (secondary N) is 2. The highest BCUT2D eigenvalue weighted by molar-refractivity contribution is 7.71. The molecule has 0 unspecified atom stereocenters. The van der Waals surface area contributed by atoms with Crippen LogP contribution in [-0.2, 0) is 6.54 Å². The molecule has 1 aromatic heterocycles. The predicted octanol–water partition coefficient (Wildman–Crippen LogP) is 1.92. The maximum Gasteiger partial charge on any atom is 0.342 e. The van der Waals surface area contributed by atoms with E-state index >= 15 is 0 Å². The van der Waals surface area contributed by atoms with Gasteiger partial charge in [0.1, 0.15) is 0 Å². The van der Waals surface area contributed by atoms with Gasteiger partial charge in [-0.2, -0.15) is 0 Å². The number of hydrogen-bond donors (Lipinski definition) is 2. The number of rotatable bonds is 3. The maximum atomic E-state index is 11.3. The van der Waals surface area contributed by atoms with Gasteiger partial charge in [0, 0.05) is 6.54 Å². The van der Waals surface area contributed by atoms with E-state index in [9.17, 15) is 4.79 Å². The van der Waals surface area contributed by atoms with Crippen molar-refractivity contribution in [2.75, 3.05) is 0 Å². The molecule has 5 heteroatoms. The Kier molecular flexibility index (Phi) is 2.99. The molecule has 0 atom stereocenters. The zero-order valence-corrected chi connectivity index (χ0v) is 9.86. The van der Waals surface area contributed by atoms with Crippen molar-refractivity contribution in [3.05, 3.63) is 15.3 Å². The van der Waals surface area contributed by atoms with Crippen LogP contribution in [0.2, 0.25) is 0 Å². The van der Waals surface area contributed by atoms with E-state index in [1.165, 1.54) is 0 Å². The van der Waals surface area contributed by atoms with Gasteiger partial charge in [0.15, 0.2) is 4.77 Å². The summed E-state index contributed by atoms with van der Waals surface area (Å²) in [5, 5.41) is 5.12. The van der Waals surface area contributed by atoms with Crippen molar-refractivity contribution in [3.8, 4) is 0 Å². The lowest BCUT2D eigenvalue weighted by Crippen LogP contribution is -2.30. The van der Waals surface area contributed by atoms with Crippen LogP contribution in [0.4, 0.5) is 0 Å². The van der Waals surface area contributed by atoms with Crippen LogP contribution in [-0.4, -0.2) is 14.8 Å². The van der Waals surface area contributed by atoms with Crippen LogP contribution < -0.4 is 5.69 Å². The lowest BCUT2D eigenvalue weighted by Gasteiger charge is -2.28. The second-order valence-electron chi connectivity index (χ2n) is 4.59. The van der Waals surface area contributed by atoms with Gasteiger partial charge in [-0.1, -0.05) is 27.7 Å². The summed E-state index contributed by atoms with van der Waals surface area (Å²) in [5.74, 6) is 0.499. The lowest BCUT2D eigenvalue weighted by molar-refractivity contribution is 0.206. The summed E-state index contributed by atoms with van der Waals surface area (Å²) in [6.07, 6.45) is 0. The largest absolute Gasteiger partial charge is 0.342 e. The molecule has 4 nitrogen and oxygen atoms in total. The minimum Gasteiger partial charge on any atom is -0.272 e. The first-order valence-electron chi connectivity index (χ1n) is 4.72. The molecule has 0 bridgehead atoms. The fraction of sp³-hybridized carbons (Fsp3) is 0.778. The lowest BCUT2D eigenvalue weighted by atomic mass is 9.81. The van der Waals surface area contributed by atoms with Gasteiger partial charge in [0.05, 0.1) is 0 Å². The van der Waals surface area contributed by atoms with Crippen molar-refractivity contribution in [1.29, 1.82) is 0 Å². The summed E-state index contributed by atoms with van der Waals surface area (Å²) >= 11 is 5.00. The Balaban J connectivity index is 3.00. The maximum absolute atomic E-state index is 11.3. The summed E-state index contributed by atoms with van der Waals surface area (Å²) in [6, 6.07) is 0. The van der Waals surface area contributed by atoms with Crippen molar-refractivity contribution >= 4 is 12.2 Å². The standard InChI is InChI=1S/C9H17N3OS/c1-6(2)9(3,4)5-12-7(13)10-11-8(12)14/h6H,5H2,1-4H3,(H,10,13)(H,11,14). The molecule has 0 radical (unpaired) electrons. The molecule has 0 amide bonds. The van der Waals surface area contributed by atoms with E-state index in [-0.39, 0.29) is 11.1 Å². The molecule has 0 fully saturated rings. The van der Waals surface area contributed by atoms with Crippen LogP contribution in [0.1, 0.15) is 27.7 Å². The molecule has 0 spiro atoms. The van der Waals surface area contributed by atoms with Crippen molar-refractivity contribution in [3.63, 3.8) is 0 Å². The Morgan fingerprint density at radius 3 is 2.36 bits per heavy atom. The molecular weight excluding hydrogens is 198 g/mol. The zero-order chi connectivity index (χ0) is 10.9. The molecule has 0 aromatic carbocycles. The highest BCUT2D eigenvalue weighted by Crippen LogP contribution is 2.27. The first-order chi connectivity index (χ1) is 6.34. The Morgan fingerprint density at radius 2 is 2.00 bits per heavy atom. The van der Waals surface area contributed by atoms with Crippen LogP contribution in [0.25, 0.3) is 0 Å². The summed E-state index contributed by atoms with van der Waals surface area (Å²) in [7, 11) is 0. The molecular formula is C9H17N3OS. The quantitative estimate of drug-likeness (QED) is 0.757. The van der Waals surface area contributed by atoms with Gasteiger partial charge in [-0.15, -0.1) is 0 Å². The predicted molar refractivity (Wildman–Crippen MR) is 58.9 cm³/mol. The monoisotopic (exact) mass is 215 g/mol. The number of aromatic nitrogens is 3. The highest BCUT2D eigenvalue weighted by Gasteiger charge is 2.24. The van der Waals surface area contributed by atoms with Gasteiger partial charge < -0.3 is 0 Å². The Morgan fingerprint density at radius 1 is 1.43 bits per heavy atom. The third kappa shape index (κ3) is 2.15. The van der Waals surface area contributed by atoms with E-state index in [1.807, 2.05) is 0 Å². The molecule has 14 heavy (non-hydrogen) atoms. The van der Waals surface area contributed by atoms with Gasteiger partial charge in [-0.3, -0.25) is 9.67 Å². The Labute approximate surface area is 88.3 Å². The van der Waals surface area contributed by atoms with Crippen molar-refractivity contribution in [2.24, 2.45) is 11.3 Å². The molecule has 1 aromatic rings. The third-order valence-corrected chi connectivity index (χ3v) is 3.22. The first kappa shape index (κ1) is 11.2. The van der Waals surface area contributed by atoms with E-state index in [1.54, 1.807) is 4.57 Å². The van der Waals surface area contributed by atoms with Crippen LogP contribution in [0, 0.1) is 16.1 Å². The van der Waals surface area contributed by atoms with Crippen molar-refractivity contribution in [1.82, 2.24) is 14.8 Å². The normalized spacial score (nSPS) is 12.4. The van der Waals surface area contributed by atoms with Gasteiger partial charge in [0.2, 0.25) is 0 Å². The summed E-state index contributed by atoms with van der Waals surface area (Å²) in [5.41, 5.74) is -0.100. The van der Waals surface area contributed by atoms with Gasteiger partial charge in [0.25, 0.3) is 0 Å². The number of aromatic amines is 2.